The summed E-state index contributed by atoms with van der Waals surface area (Å²) >= 11 is 1.60. The molecule has 30 heavy (non-hydrogen) atoms. The Kier molecular flexibility index (Phi) is 4.85. The SMILES string of the molecule is Cc1ccccc1-n1c(SCc2cccc3ccccc23)nc2ccccc2c1=O. The van der Waals surface area contributed by atoms with Crippen LogP contribution in [0.4, 0.5) is 0 Å². The largest absolute Gasteiger partial charge is 0.268 e. The van der Waals surface area contributed by atoms with E-state index in [0.717, 1.165) is 22.5 Å². The van der Waals surface area contributed by atoms with Gasteiger partial charge in [0.15, 0.2) is 5.16 Å². The molecule has 0 fully saturated rings. The van der Waals surface area contributed by atoms with Gasteiger partial charge in [-0.05, 0) is 47.0 Å². The topological polar surface area (TPSA) is 34.9 Å². The smallest absolute Gasteiger partial charge is 0.266 e. The minimum atomic E-state index is -0.0321. The Morgan fingerprint density at radius 2 is 1.50 bits per heavy atom. The van der Waals surface area contributed by atoms with Crippen molar-refractivity contribution in [3.63, 3.8) is 0 Å². The molecule has 5 aromatic rings. The number of rotatable bonds is 4. The highest BCUT2D eigenvalue weighted by atomic mass is 32.2. The fourth-order valence-corrected chi connectivity index (χ4v) is 4.81. The number of thioether (sulfide) groups is 1. The molecule has 0 bridgehead atoms. The lowest BCUT2D eigenvalue weighted by atomic mass is 10.1. The third kappa shape index (κ3) is 3.29. The Morgan fingerprint density at radius 1 is 0.800 bits per heavy atom. The highest BCUT2D eigenvalue weighted by Crippen LogP contribution is 2.28. The second kappa shape index (κ2) is 7.81. The predicted molar refractivity (Wildman–Crippen MR) is 126 cm³/mol. The molecule has 0 spiro atoms. The van der Waals surface area contributed by atoms with Crippen LogP contribution in [-0.4, -0.2) is 9.55 Å². The Labute approximate surface area is 179 Å². The first-order valence-electron chi connectivity index (χ1n) is 9.89. The molecule has 0 aliphatic rings. The summed E-state index contributed by atoms with van der Waals surface area (Å²) in [6.45, 7) is 2.02. The van der Waals surface area contributed by atoms with Crippen molar-refractivity contribution in [2.24, 2.45) is 0 Å². The van der Waals surface area contributed by atoms with Crippen LogP contribution >= 0.6 is 11.8 Å². The van der Waals surface area contributed by atoms with Crippen molar-refractivity contribution in [2.75, 3.05) is 0 Å². The molecule has 146 valence electrons. The summed E-state index contributed by atoms with van der Waals surface area (Å²) < 4.78 is 1.76. The van der Waals surface area contributed by atoms with Gasteiger partial charge < -0.3 is 0 Å². The molecule has 0 amide bonds. The zero-order valence-corrected chi connectivity index (χ0v) is 17.4. The van der Waals surface area contributed by atoms with Gasteiger partial charge in [-0.15, -0.1) is 0 Å². The van der Waals surface area contributed by atoms with Crippen LogP contribution in [0.2, 0.25) is 0 Å². The number of hydrogen-bond donors (Lipinski definition) is 0. The summed E-state index contributed by atoms with van der Waals surface area (Å²) in [5.74, 6) is 0.734. The van der Waals surface area contributed by atoms with Crippen molar-refractivity contribution in [2.45, 2.75) is 17.8 Å². The van der Waals surface area contributed by atoms with E-state index in [-0.39, 0.29) is 5.56 Å². The quantitative estimate of drug-likeness (QED) is 0.265. The summed E-state index contributed by atoms with van der Waals surface area (Å²) in [5, 5.41) is 3.80. The molecule has 0 radical (unpaired) electrons. The van der Waals surface area contributed by atoms with Gasteiger partial charge in [0.1, 0.15) is 0 Å². The molecule has 0 saturated heterocycles. The van der Waals surface area contributed by atoms with Gasteiger partial charge >= 0.3 is 0 Å². The standard InChI is InChI=1S/C26H20N2OS/c1-18-9-2-7-16-24(18)28-25(29)22-14-5-6-15-23(22)27-26(28)30-17-20-12-8-11-19-10-3-4-13-21(19)20/h2-16H,17H2,1H3. The zero-order valence-electron chi connectivity index (χ0n) is 16.6. The van der Waals surface area contributed by atoms with E-state index in [9.17, 15) is 4.79 Å². The first-order valence-corrected chi connectivity index (χ1v) is 10.9. The maximum atomic E-state index is 13.4. The van der Waals surface area contributed by atoms with Crippen molar-refractivity contribution >= 4 is 33.4 Å². The van der Waals surface area contributed by atoms with Crippen molar-refractivity contribution in [3.05, 3.63) is 112 Å². The summed E-state index contributed by atoms with van der Waals surface area (Å²) in [7, 11) is 0. The van der Waals surface area contributed by atoms with E-state index < -0.39 is 0 Å². The van der Waals surface area contributed by atoms with E-state index in [2.05, 4.69) is 42.5 Å². The molecule has 0 atom stereocenters. The van der Waals surface area contributed by atoms with E-state index in [1.807, 2.05) is 55.5 Å². The molecule has 1 aromatic heterocycles. The molecule has 0 aliphatic carbocycles. The number of aromatic nitrogens is 2. The number of fused-ring (bicyclic) bond motifs is 2. The molecular formula is C26H20N2OS. The van der Waals surface area contributed by atoms with Gasteiger partial charge in [0, 0.05) is 5.75 Å². The van der Waals surface area contributed by atoms with Crippen LogP contribution in [-0.2, 0) is 5.75 Å². The van der Waals surface area contributed by atoms with Crippen LogP contribution in [0.5, 0.6) is 0 Å². The van der Waals surface area contributed by atoms with Gasteiger partial charge in [0.25, 0.3) is 5.56 Å². The molecule has 3 nitrogen and oxygen atoms in total. The van der Waals surface area contributed by atoms with Crippen LogP contribution in [0.15, 0.2) is 101 Å². The Hall–Kier alpha value is -3.37. The maximum Gasteiger partial charge on any atom is 0.266 e. The number of benzene rings is 4. The number of hydrogen-bond acceptors (Lipinski definition) is 3. The highest BCUT2D eigenvalue weighted by molar-refractivity contribution is 7.98. The van der Waals surface area contributed by atoms with E-state index in [1.165, 1.54) is 16.3 Å². The molecule has 1 heterocycles. The van der Waals surface area contributed by atoms with Crippen molar-refractivity contribution in [1.82, 2.24) is 9.55 Å². The van der Waals surface area contributed by atoms with Crippen LogP contribution in [0.3, 0.4) is 0 Å². The van der Waals surface area contributed by atoms with Gasteiger partial charge in [-0.3, -0.25) is 9.36 Å². The van der Waals surface area contributed by atoms with Crippen LogP contribution in [0, 0.1) is 6.92 Å². The van der Waals surface area contributed by atoms with E-state index >= 15 is 0 Å². The first kappa shape index (κ1) is 18.6. The highest BCUT2D eigenvalue weighted by Gasteiger charge is 2.15. The molecule has 0 saturated carbocycles. The summed E-state index contributed by atoms with van der Waals surface area (Å²) in [6.07, 6.45) is 0. The molecule has 0 N–H and O–H groups in total. The minimum Gasteiger partial charge on any atom is -0.268 e. The van der Waals surface area contributed by atoms with E-state index in [0.29, 0.717) is 10.5 Å². The lowest BCUT2D eigenvalue weighted by molar-refractivity contribution is 0.814. The Bertz CT molecular complexity index is 1430. The van der Waals surface area contributed by atoms with Crippen molar-refractivity contribution < 1.29 is 0 Å². The Morgan fingerprint density at radius 3 is 2.37 bits per heavy atom. The lowest BCUT2D eigenvalue weighted by Gasteiger charge is -2.15. The molecule has 0 unspecified atom stereocenters. The van der Waals surface area contributed by atoms with Crippen molar-refractivity contribution in [3.8, 4) is 5.69 Å². The van der Waals surface area contributed by atoms with Gasteiger partial charge in [-0.2, -0.15) is 0 Å². The average molecular weight is 409 g/mol. The van der Waals surface area contributed by atoms with Crippen LogP contribution < -0.4 is 5.56 Å². The molecular weight excluding hydrogens is 388 g/mol. The maximum absolute atomic E-state index is 13.4. The van der Waals surface area contributed by atoms with Gasteiger partial charge in [0.05, 0.1) is 16.6 Å². The molecule has 5 rings (SSSR count). The predicted octanol–water partition coefficient (Wildman–Crippen LogP) is 6.14. The van der Waals surface area contributed by atoms with Gasteiger partial charge in [0.2, 0.25) is 0 Å². The summed E-state index contributed by atoms with van der Waals surface area (Å²) in [6, 6.07) is 30.3. The van der Waals surface area contributed by atoms with Crippen LogP contribution in [0.1, 0.15) is 11.1 Å². The van der Waals surface area contributed by atoms with Crippen molar-refractivity contribution in [1.29, 1.82) is 0 Å². The lowest BCUT2D eigenvalue weighted by Crippen LogP contribution is -2.22. The number of aryl methyl sites for hydroxylation is 1. The second-order valence-corrected chi connectivity index (χ2v) is 8.21. The molecule has 4 aromatic carbocycles. The fraction of sp³-hybridized carbons (Fsp3) is 0.0769. The second-order valence-electron chi connectivity index (χ2n) is 7.27. The normalized spacial score (nSPS) is 11.2. The fourth-order valence-electron chi connectivity index (χ4n) is 3.80. The average Bonchev–Trinajstić information content (AvgIpc) is 2.78. The van der Waals surface area contributed by atoms with Crippen LogP contribution in [0.25, 0.3) is 27.4 Å². The third-order valence-corrected chi connectivity index (χ3v) is 6.33. The van der Waals surface area contributed by atoms with E-state index in [1.54, 1.807) is 16.3 Å². The van der Waals surface area contributed by atoms with Gasteiger partial charge in [-0.25, -0.2) is 4.98 Å². The molecule has 4 heteroatoms. The summed E-state index contributed by atoms with van der Waals surface area (Å²) in [4.78, 5) is 18.3. The summed E-state index contributed by atoms with van der Waals surface area (Å²) in [5.41, 5.74) is 3.85. The van der Waals surface area contributed by atoms with E-state index in [4.69, 9.17) is 4.98 Å². The van der Waals surface area contributed by atoms with Gasteiger partial charge in [-0.1, -0.05) is 84.6 Å². The monoisotopic (exact) mass is 408 g/mol. The third-order valence-electron chi connectivity index (χ3n) is 5.34. The Balaban J connectivity index is 1.65. The minimum absolute atomic E-state index is 0.0321. The number of para-hydroxylation sites is 2. The number of nitrogens with zero attached hydrogens (tertiary/aromatic N) is 2. The molecule has 0 aliphatic heterocycles. The first-order chi connectivity index (χ1) is 14.7. The zero-order chi connectivity index (χ0) is 20.5.